The lowest BCUT2D eigenvalue weighted by atomic mass is 10.1. The molecule has 3 rings (SSSR count). The van der Waals surface area contributed by atoms with Crippen molar-refractivity contribution >= 4 is 16.7 Å². The van der Waals surface area contributed by atoms with Crippen molar-refractivity contribution in [2.75, 3.05) is 24.6 Å². The number of aliphatic hydroxyl groups is 1. The van der Waals surface area contributed by atoms with Crippen LogP contribution >= 0.6 is 0 Å². The van der Waals surface area contributed by atoms with Crippen molar-refractivity contribution in [1.82, 2.24) is 4.98 Å². The second-order valence-corrected chi connectivity index (χ2v) is 5.27. The van der Waals surface area contributed by atoms with Gasteiger partial charge in [0.2, 0.25) is 0 Å². The van der Waals surface area contributed by atoms with Gasteiger partial charge in [0, 0.05) is 25.1 Å². The van der Waals surface area contributed by atoms with Crippen LogP contribution < -0.4 is 4.90 Å². The van der Waals surface area contributed by atoms with E-state index in [1.54, 1.807) is 0 Å². The van der Waals surface area contributed by atoms with Gasteiger partial charge in [0.25, 0.3) is 0 Å². The highest BCUT2D eigenvalue weighted by Crippen LogP contribution is 2.27. The second kappa shape index (κ2) is 5.48. The van der Waals surface area contributed by atoms with Crippen molar-refractivity contribution in [2.45, 2.75) is 12.8 Å². The Labute approximate surface area is 118 Å². The lowest BCUT2D eigenvalue weighted by Gasteiger charge is -2.18. The molecule has 0 saturated carbocycles. The molecule has 1 N–H and O–H groups in total. The van der Waals surface area contributed by atoms with Gasteiger partial charge in [-0.25, -0.2) is 4.98 Å². The summed E-state index contributed by atoms with van der Waals surface area (Å²) in [6, 6.07) is 11.9. The van der Waals surface area contributed by atoms with Gasteiger partial charge in [-0.3, -0.25) is 0 Å². The van der Waals surface area contributed by atoms with Crippen LogP contribution in [0.25, 0.3) is 10.9 Å². The Bertz CT molecular complexity index is 662. The number of hydrogen-bond acceptors (Lipinski definition) is 4. The molecular formula is C16H17N3O. The molecule has 1 aliphatic rings. The van der Waals surface area contributed by atoms with E-state index in [-0.39, 0.29) is 6.61 Å². The van der Waals surface area contributed by atoms with Gasteiger partial charge in [0.15, 0.2) is 0 Å². The minimum Gasteiger partial charge on any atom is -0.396 e. The molecule has 0 bridgehead atoms. The number of para-hydroxylation sites is 1. The molecule has 1 atom stereocenters. The lowest BCUT2D eigenvalue weighted by Crippen LogP contribution is -2.21. The number of rotatable bonds is 3. The molecule has 1 aromatic heterocycles. The van der Waals surface area contributed by atoms with Crippen LogP contribution in [-0.4, -0.2) is 29.8 Å². The predicted octanol–water partition coefficient (Wildman–Crippen LogP) is 2.32. The summed E-state index contributed by atoms with van der Waals surface area (Å²) in [4.78, 5) is 6.89. The number of nitrogens with zero attached hydrogens (tertiary/aromatic N) is 3. The third-order valence-electron chi connectivity index (χ3n) is 3.97. The third kappa shape index (κ3) is 2.33. The van der Waals surface area contributed by atoms with E-state index in [1.165, 1.54) is 0 Å². The minimum atomic E-state index is 0.243. The molecule has 0 amide bonds. The number of fused-ring (bicyclic) bond motifs is 1. The molecule has 0 radical (unpaired) electrons. The highest BCUT2D eigenvalue weighted by atomic mass is 16.3. The van der Waals surface area contributed by atoms with Crippen molar-refractivity contribution < 1.29 is 5.11 Å². The first-order valence-electron chi connectivity index (χ1n) is 6.97. The molecule has 1 aromatic carbocycles. The summed E-state index contributed by atoms with van der Waals surface area (Å²) >= 11 is 0. The quantitative estimate of drug-likeness (QED) is 0.927. The first-order chi connectivity index (χ1) is 9.81. The van der Waals surface area contributed by atoms with Crippen LogP contribution in [0.1, 0.15) is 18.4 Å². The van der Waals surface area contributed by atoms with Crippen LogP contribution in [0.3, 0.4) is 0 Å². The number of benzene rings is 1. The van der Waals surface area contributed by atoms with Crippen LogP contribution in [0.5, 0.6) is 0 Å². The van der Waals surface area contributed by atoms with E-state index in [0.29, 0.717) is 11.5 Å². The van der Waals surface area contributed by atoms with Crippen LogP contribution in [0, 0.1) is 17.2 Å². The SMILES string of the molecule is N#Cc1cc(N2CCC(CCO)C2)nc2ccccc12. The van der Waals surface area contributed by atoms with Crippen molar-refractivity contribution in [2.24, 2.45) is 5.92 Å². The van der Waals surface area contributed by atoms with Crippen LogP contribution in [0.2, 0.25) is 0 Å². The smallest absolute Gasteiger partial charge is 0.130 e. The summed E-state index contributed by atoms with van der Waals surface area (Å²) in [7, 11) is 0. The largest absolute Gasteiger partial charge is 0.396 e. The molecule has 4 nitrogen and oxygen atoms in total. The number of hydrogen-bond donors (Lipinski definition) is 1. The first-order valence-corrected chi connectivity index (χ1v) is 6.97. The Balaban J connectivity index is 1.95. The molecule has 2 aromatic rings. The van der Waals surface area contributed by atoms with E-state index < -0.39 is 0 Å². The normalized spacial score (nSPS) is 18.4. The lowest BCUT2D eigenvalue weighted by molar-refractivity contribution is 0.263. The topological polar surface area (TPSA) is 60.2 Å². The zero-order chi connectivity index (χ0) is 13.9. The highest BCUT2D eigenvalue weighted by Gasteiger charge is 2.23. The maximum Gasteiger partial charge on any atom is 0.130 e. The fourth-order valence-corrected chi connectivity index (χ4v) is 2.87. The highest BCUT2D eigenvalue weighted by molar-refractivity contribution is 5.86. The molecule has 1 saturated heterocycles. The van der Waals surface area contributed by atoms with E-state index in [2.05, 4.69) is 16.0 Å². The number of aliphatic hydroxyl groups excluding tert-OH is 1. The molecule has 4 heteroatoms. The molecule has 1 fully saturated rings. The van der Waals surface area contributed by atoms with Gasteiger partial charge >= 0.3 is 0 Å². The summed E-state index contributed by atoms with van der Waals surface area (Å²) < 4.78 is 0. The van der Waals surface area contributed by atoms with Crippen LogP contribution in [0.4, 0.5) is 5.82 Å². The van der Waals surface area contributed by atoms with Gasteiger partial charge in [0.05, 0.1) is 17.1 Å². The van der Waals surface area contributed by atoms with Crippen molar-refractivity contribution in [3.05, 3.63) is 35.9 Å². The van der Waals surface area contributed by atoms with Gasteiger partial charge in [0.1, 0.15) is 5.82 Å². The number of pyridine rings is 1. The molecule has 2 heterocycles. The molecule has 0 spiro atoms. The zero-order valence-electron chi connectivity index (χ0n) is 11.3. The van der Waals surface area contributed by atoms with Crippen LogP contribution in [-0.2, 0) is 0 Å². The maximum atomic E-state index is 9.31. The van der Waals surface area contributed by atoms with E-state index in [9.17, 15) is 5.26 Å². The summed E-state index contributed by atoms with van der Waals surface area (Å²) in [6.07, 6.45) is 1.92. The molecule has 0 aliphatic carbocycles. The number of nitriles is 1. The number of anilines is 1. The van der Waals surface area contributed by atoms with Gasteiger partial charge in [-0.1, -0.05) is 18.2 Å². The molecule has 20 heavy (non-hydrogen) atoms. The van der Waals surface area contributed by atoms with Crippen molar-refractivity contribution in [3.8, 4) is 6.07 Å². The fourth-order valence-electron chi connectivity index (χ4n) is 2.87. The van der Waals surface area contributed by atoms with E-state index in [0.717, 1.165) is 42.7 Å². The minimum absolute atomic E-state index is 0.243. The summed E-state index contributed by atoms with van der Waals surface area (Å²) in [5.41, 5.74) is 1.54. The second-order valence-electron chi connectivity index (χ2n) is 5.27. The molecule has 1 unspecified atom stereocenters. The summed E-state index contributed by atoms with van der Waals surface area (Å²) in [5, 5.41) is 19.2. The van der Waals surface area contributed by atoms with Gasteiger partial charge in [-0.15, -0.1) is 0 Å². The first kappa shape index (κ1) is 12.9. The Morgan fingerprint density at radius 2 is 2.25 bits per heavy atom. The molecule has 102 valence electrons. The molecular weight excluding hydrogens is 250 g/mol. The van der Waals surface area contributed by atoms with Crippen molar-refractivity contribution in [1.29, 1.82) is 5.26 Å². The maximum absolute atomic E-state index is 9.31. The van der Waals surface area contributed by atoms with Crippen molar-refractivity contribution in [3.63, 3.8) is 0 Å². The Morgan fingerprint density at radius 1 is 1.40 bits per heavy atom. The van der Waals surface area contributed by atoms with Crippen LogP contribution in [0.15, 0.2) is 30.3 Å². The fraction of sp³-hybridized carbons (Fsp3) is 0.375. The Morgan fingerprint density at radius 3 is 3.05 bits per heavy atom. The summed E-state index contributed by atoms with van der Waals surface area (Å²) in [6.45, 7) is 2.10. The van der Waals surface area contributed by atoms with Gasteiger partial charge in [-0.05, 0) is 30.9 Å². The van der Waals surface area contributed by atoms with E-state index in [1.807, 2.05) is 30.3 Å². The molecule has 1 aliphatic heterocycles. The van der Waals surface area contributed by atoms with Gasteiger partial charge in [-0.2, -0.15) is 5.26 Å². The average Bonchev–Trinajstić information content (AvgIpc) is 2.95. The Kier molecular flexibility index (Phi) is 3.53. The predicted molar refractivity (Wildman–Crippen MR) is 78.5 cm³/mol. The number of aromatic nitrogens is 1. The average molecular weight is 267 g/mol. The third-order valence-corrected chi connectivity index (χ3v) is 3.97. The monoisotopic (exact) mass is 267 g/mol. The van der Waals surface area contributed by atoms with E-state index in [4.69, 9.17) is 5.11 Å². The van der Waals surface area contributed by atoms with Gasteiger partial charge < -0.3 is 10.0 Å². The summed E-state index contributed by atoms with van der Waals surface area (Å²) in [5.74, 6) is 1.40. The standard InChI is InChI=1S/C16H17N3O/c17-10-13-9-16(18-15-4-2-1-3-14(13)15)19-7-5-12(11-19)6-8-20/h1-4,9,12,20H,5-8,11H2. The zero-order valence-corrected chi connectivity index (χ0v) is 11.3. The Hall–Kier alpha value is -2.12. The van der Waals surface area contributed by atoms with E-state index >= 15 is 0 Å².